The number of carbonyl (C=O) groups is 1. The number of ether oxygens (including phenoxy) is 1. The number of rotatable bonds is 9. The molecule has 1 saturated carbocycles. The summed E-state index contributed by atoms with van der Waals surface area (Å²) in [5, 5.41) is 7.61. The zero-order valence-electron chi connectivity index (χ0n) is 24.5. The Morgan fingerprint density at radius 3 is 2.49 bits per heavy atom. The van der Waals surface area contributed by atoms with Gasteiger partial charge in [0.1, 0.15) is 17.5 Å². The molecule has 10 nitrogen and oxygen atoms in total. The number of anilines is 2. The number of imidazole rings is 1. The Balaban J connectivity index is 1.51. The minimum Gasteiger partial charge on any atom is -0.358 e. The first-order valence-electron chi connectivity index (χ1n) is 14.4. The first-order valence-corrected chi connectivity index (χ1v) is 16.3. The molecule has 43 heavy (non-hydrogen) atoms. The molecule has 2 fully saturated rings. The highest BCUT2D eigenvalue weighted by Gasteiger charge is 2.32. The minimum atomic E-state index is -3.75. The standard InChI is InChI=1S/C30H34F2N6O4S/c1-16-26(17(2)37(3)36-16)19-10-11-21(24(13-19)43(4,40)41)34-22-14-20(15-23(39)18-8-9-18)33-29-27(22)35-30(28(31)32)38(29)25-7-5-6-12-42-25/h10-11,13-14,18,25,28H,5-9,12,15H2,1-4H3,(H,33,34). The third-order valence-corrected chi connectivity index (χ3v) is 9.34. The first-order chi connectivity index (χ1) is 20.4. The van der Waals surface area contributed by atoms with Crippen LogP contribution in [0.15, 0.2) is 29.2 Å². The zero-order chi connectivity index (χ0) is 30.6. The van der Waals surface area contributed by atoms with Gasteiger partial charge in [0.2, 0.25) is 0 Å². The second-order valence-corrected chi connectivity index (χ2v) is 13.5. The molecule has 13 heteroatoms. The van der Waals surface area contributed by atoms with E-state index in [0.29, 0.717) is 24.3 Å². The summed E-state index contributed by atoms with van der Waals surface area (Å²) in [5.41, 5.74) is 4.40. The number of alkyl halides is 2. The summed E-state index contributed by atoms with van der Waals surface area (Å²) < 4.78 is 63.8. The van der Waals surface area contributed by atoms with Crippen molar-refractivity contribution in [2.24, 2.45) is 13.0 Å². The van der Waals surface area contributed by atoms with Crippen molar-refractivity contribution in [3.8, 4) is 11.1 Å². The summed E-state index contributed by atoms with van der Waals surface area (Å²) in [7, 11) is -1.92. The van der Waals surface area contributed by atoms with Gasteiger partial charge in [-0.25, -0.2) is 27.2 Å². The van der Waals surface area contributed by atoms with Gasteiger partial charge in [0.25, 0.3) is 6.43 Å². The van der Waals surface area contributed by atoms with E-state index in [4.69, 9.17) is 4.74 Å². The number of aryl methyl sites for hydroxylation is 2. The number of nitrogens with one attached hydrogen (secondary N) is 1. The molecule has 6 rings (SSSR count). The molecule has 0 amide bonds. The van der Waals surface area contributed by atoms with Crippen LogP contribution in [0.25, 0.3) is 22.3 Å². The van der Waals surface area contributed by atoms with Gasteiger partial charge in [0, 0.05) is 43.5 Å². The zero-order valence-corrected chi connectivity index (χ0v) is 25.3. The lowest BCUT2D eigenvalue weighted by atomic mass is 10.0. The predicted octanol–water partition coefficient (Wildman–Crippen LogP) is 5.75. The van der Waals surface area contributed by atoms with Crippen LogP contribution in [0.5, 0.6) is 0 Å². The molecule has 4 heterocycles. The van der Waals surface area contributed by atoms with Gasteiger partial charge < -0.3 is 10.1 Å². The van der Waals surface area contributed by atoms with Crippen molar-refractivity contribution in [1.29, 1.82) is 0 Å². The molecule has 2 aliphatic rings. The smallest absolute Gasteiger partial charge is 0.295 e. The summed E-state index contributed by atoms with van der Waals surface area (Å²) in [6.07, 6.45) is 1.39. The van der Waals surface area contributed by atoms with Crippen LogP contribution in [0.3, 0.4) is 0 Å². The Labute approximate surface area is 248 Å². The number of hydrogen-bond acceptors (Lipinski definition) is 8. The van der Waals surface area contributed by atoms with E-state index in [1.165, 1.54) is 4.57 Å². The number of pyridine rings is 1. The van der Waals surface area contributed by atoms with Crippen molar-refractivity contribution < 1.29 is 26.7 Å². The van der Waals surface area contributed by atoms with Crippen LogP contribution in [0.2, 0.25) is 0 Å². The van der Waals surface area contributed by atoms with Gasteiger partial charge in [0.15, 0.2) is 21.3 Å². The minimum absolute atomic E-state index is 0.0131. The van der Waals surface area contributed by atoms with E-state index in [9.17, 15) is 22.0 Å². The summed E-state index contributed by atoms with van der Waals surface area (Å²) in [6.45, 7) is 4.20. The fraction of sp³-hybridized carbons (Fsp3) is 0.467. The number of nitrogens with zero attached hydrogens (tertiary/aromatic N) is 5. The van der Waals surface area contributed by atoms with Crippen LogP contribution >= 0.6 is 0 Å². The van der Waals surface area contributed by atoms with Crippen molar-refractivity contribution in [3.05, 3.63) is 47.2 Å². The normalized spacial score (nSPS) is 17.6. The fourth-order valence-corrected chi connectivity index (χ4v) is 6.69. The molecule has 0 radical (unpaired) electrons. The van der Waals surface area contributed by atoms with Crippen LogP contribution in [0.4, 0.5) is 20.2 Å². The quantitative estimate of drug-likeness (QED) is 0.254. The van der Waals surface area contributed by atoms with E-state index in [0.717, 1.165) is 48.9 Å². The highest BCUT2D eigenvalue weighted by molar-refractivity contribution is 7.90. The van der Waals surface area contributed by atoms with Crippen molar-refractivity contribution in [2.75, 3.05) is 18.2 Å². The predicted molar refractivity (Wildman–Crippen MR) is 157 cm³/mol. The average Bonchev–Trinajstić information content (AvgIpc) is 3.68. The van der Waals surface area contributed by atoms with Crippen molar-refractivity contribution in [3.63, 3.8) is 0 Å². The van der Waals surface area contributed by atoms with Crippen LogP contribution in [0, 0.1) is 19.8 Å². The Morgan fingerprint density at radius 1 is 1.12 bits per heavy atom. The average molecular weight is 613 g/mol. The van der Waals surface area contributed by atoms with Crippen LogP contribution in [-0.4, -0.2) is 51.4 Å². The molecule has 1 aliphatic carbocycles. The largest absolute Gasteiger partial charge is 0.358 e. The van der Waals surface area contributed by atoms with Gasteiger partial charge in [-0.1, -0.05) is 6.07 Å². The molecule has 1 aliphatic heterocycles. The monoisotopic (exact) mass is 612 g/mol. The molecule has 0 bridgehead atoms. The van der Waals surface area contributed by atoms with E-state index < -0.39 is 28.3 Å². The molecule has 1 saturated heterocycles. The number of benzene rings is 1. The van der Waals surface area contributed by atoms with Gasteiger partial charge in [0.05, 0.1) is 27.7 Å². The second kappa shape index (κ2) is 11.1. The van der Waals surface area contributed by atoms with E-state index in [2.05, 4.69) is 20.4 Å². The van der Waals surface area contributed by atoms with Gasteiger partial charge in [-0.3, -0.25) is 14.0 Å². The second-order valence-electron chi connectivity index (χ2n) is 11.5. The number of aromatic nitrogens is 5. The maximum atomic E-state index is 14.4. The van der Waals surface area contributed by atoms with Crippen molar-refractivity contribution >= 4 is 38.2 Å². The molecule has 3 aromatic heterocycles. The topological polar surface area (TPSA) is 121 Å². The fourth-order valence-electron chi connectivity index (χ4n) is 5.84. The Hall–Kier alpha value is -3.71. The number of halogens is 2. The summed E-state index contributed by atoms with van der Waals surface area (Å²) >= 11 is 0. The van der Waals surface area contributed by atoms with E-state index in [1.807, 2.05) is 20.9 Å². The lowest BCUT2D eigenvalue weighted by Crippen LogP contribution is -2.21. The highest BCUT2D eigenvalue weighted by atomic mass is 32.2. The van der Waals surface area contributed by atoms with E-state index in [-0.39, 0.29) is 45.6 Å². The Kier molecular flexibility index (Phi) is 7.57. The maximum absolute atomic E-state index is 14.4. The maximum Gasteiger partial charge on any atom is 0.295 e. The number of ketones is 1. The molecule has 0 spiro atoms. The summed E-state index contributed by atoms with van der Waals surface area (Å²) in [5.74, 6) is -0.458. The number of fused-ring (bicyclic) bond motifs is 1. The van der Waals surface area contributed by atoms with Gasteiger partial charge in [-0.15, -0.1) is 0 Å². The third-order valence-electron chi connectivity index (χ3n) is 8.20. The molecule has 1 unspecified atom stereocenters. The molecule has 4 aromatic rings. The third kappa shape index (κ3) is 5.67. The SMILES string of the molecule is Cc1nn(C)c(C)c1-c1ccc(Nc2cc(CC(=O)C3CC3)nc3c2nc(C(F)F)n3C2CCCCO2)c(S(C)(=O)=O)c1. The summed E-state index contributed by atoms with van der Waals surface area (Å²) in [4.78, 5) is 21.8. The lowest BCUT2D eigenvalue weighted by molar-refractivity contribution is -0.119. The summed E-state index contributed by atoms with van der Waals surface area (Å²) in [6, 6.07) is 6.63. The van der Waals surface area contributed by atoms with Crippen LogP contribution in [0.1, 0.15) is 67.7 Å². The van der Waals surface area contributed by atoms with E-state index in [1.54, 1.807) is 28.9 Å². The molecule has 1 N–H and O–H groups in total. The van der Waals surface area contributed by atoms with Gasteiger partial charge >= 0.3 is 0 Å². The van der Waals surface area contributed by atoms with Crippen molar-refractivity contribution in [1.82, 2.24) is 24.3 Å². The molecule has 228 valence electrons. The van der Waals surface area contributed by atoms with Gasteiger partial charge in [-0.05, 0) is 69.7 Å². The number of Topliss-reactive ketones (excluding diaryl/α,β-unsaturated/α-hetero) is 1. The van der Waals surface area contributed by atoms with Gasteiger partial charge in [-0.2, -0.15) is 5.10 Å². The molecule has 1 atom stereocenters. The lowest BCUT2D eigenvalue weighted by Gasteiger charge is -2.25. The highest BCUT2D eigenvalue weighted by Crippen LogP contribution is 2.38. The number of sulfone groups is 1. The first kappa shape index (κ1) is 29.4. The van der Waals surface area contributed by atoms with E-state index >= 15 is 0 Å². The Morgan fingerprint density at radius 2 is 1.88 bits per heavy atom. The van der Waals surface area contributed by atoms with Crippen LogP contribution in [-0.2, 0) is 32.8 Å². The van der Waals surface area contributed by atoms with Crippen molar-refractivity contribution in [2.45, 2.75) is 69.9 Å². The molecular formula is C30H34F2N6O4S. The molecule has 1 aromatic carbocycles. The van der Waals surface area contributed by atoms with Crippen LogP contribution < -0.4 is 5.32 Å². The Bertz CT molecular complexity index is 1840. The number of hydrogen-bond donors (Lipinski definition) is 1. The number of carbonyl (C=O) groups excluding carboxylic acids is 1. The molecular weight excluding hydrogens is 578 g/mol.